The molecule has 2 N–H and O–H groups in total. The average Bonchev–Trinajstić information content (AvgIpc) is 2.80. The van der Waals surface area contributed by atoms with E-state index in [0.29, 0.717) is 33.8 Å². The molecule has 1 amide bonds. The molecule has 0 aliphatic carbocycles. The van der Waals surface area contributed by atoms with E-state index in [-0.39, 0.29) is 24.7 Å². The maximum Gasteiger partial charge on any atom is 0.262 e. The van der Waals surface area contributed by atoms with Crippen LogP contribution in [0.5, 0.6) is 0 Å². The van der Waals surface area contributed by atoms with Crippen LogP contribution in [-0.4, -0.2) is 46.9 Å². The molecule has 0 saturated heterocycles. The molecule has 0 saturated carbocycles. The smallest absolute Gasteiger partial charge is 0.262 e. The van der Waals surface area contributed by atoms with Crippen molar-refractivity contribution in [1.82, 2.24) is 14.9 Å². The van der Waals surface area contributed by atoms with Crippen LogP contribution < -0.4 is 10.9 Å². The third kappa shape index (κ3) is 3.29. The zero-order valence-corrected chi connectivity index (χ0v) is 12.7. The Balaban J connectivity index is 2.15. The number of nitrogens with zero attached hydrogens (tertiary/aromatic N) is 2. The number of aliphatic hydroxyl groups excluding tert-OH is 1. The first-order chi connectivity index (χ1) is 10.1. The topological polar surface area (TPSA) is 93.4 Å². The minimum atomic E-state index is -0.245. The number of aliphatic hydroxyl groups is 1. The van der Waals surface area contributed by atoms with Gasteiger partial charge in [0.05, 0.1) is 36.4 Å². The van der Waals surface area contributed by atoms with Crippen LogP contribution in [0.1, 0.15) is 15.2 Å². The van der Waals surface area contributed by atoms with Crippen molar-refractivity contribution in [2.45, 2.75) is 6.92 Å². The van der Waals surface area contributed by atoms with Crippen LogP contribution in [-0.2, 0) is 11.8 Å². The quantitative estimate of drug-likeness (QED) is 0.735. The number of carbonyl (C=O) groups excluding carboxylic acids is 1. The van der Waals surface area contributed by atoms with E-state index in [9.17, 15) is 9.59 Å². The molecular formula is C13H17N3O4S. The molecular weight excluding hydrogens is 294 g/mol. The summed E-state index contributed by atoms with van der Waals surface area (Å²) < 4.78 is 6.46. The Hall–Kier alpha value is -1.77. The molecule has 2 aromatic rings. The molecule has 2 aromatic heterocycles. The largest absolute Gasteiger partial charge is 0.394 e. The van der Waals surface area contributed by atoms with Crippen molar-refractivity contribution in [1.29, 1.82) is 0 Å². The minimum absolute atomic E-state index is 0.0433. The predicted octanol–water partition coefficient (Wildman–Crippen LogP) is 0.0421. The van der Waals surface area contributed by atoms with E-state index in [2.05, 4.69) is 10.3 Å². The lowest BCUT2D eigenvalue weighted by molar-refractivity contribution is 0.0840. The van der Waals surface area contributed by atoms with Crippen LogP contribution in [0.3, 0.4) is 0 Å². The van der Waals surface area contributed by atoms with E-state index < -0.39 is 0 Å². The lowest BCUT2D eigenvalue weighted by atomic mass is 10.2. The number of aromatic nitrogens is 2. The SMILES string of the molecule is Cc1c(C(=O)NCCOCCO)sc2ncn(C)c(=O)c12. The van der Waals surface area contributed by atoms with Crippen molar-refractivity contribution in [3.8, 4) is 0 Å². The second-order valence-corrected chi connectivity index (χ2v) is 5.49. The van der Waals surface area contributed by atoms with Crippen LogP contribution in [0.15, 0.2) is 11.1 Å². The highest BCUT2D eigenvalue weighted by Gasteiger charge is 2.18. The Morgan fingerprint density at radius 3 is 3.00 bits per heavy atom. The zero-order valence-electron chi connectivity index (χ0n) is 11.9. The van der Waals surface area contributed by atoms with Crippen LogP contribution >= 0.6 is 11.3 Å². The number of hydrogen-bond donors (Lipinski definition) is 2. The third-order valence-corrected chi connectivity index (χ3v) is 4.18. The van der Waals surface area contributed by atoms with E-state index >= 15 is 0 Å². The second kappa shape index (κ2) is 6.79. The van der Waals surface area contributed by atoms with E-state index in [0.717, 1.165) is 0 Å². The van der Waals surface area contributed by atoms with Crippen LogP contribution in [0, 0.1) is 6.92 Å². The van der Waals surface area contributed by atoms with Gasteiger partial charge in [-0.05, 0) is 12.5 Å². The molecule has 2 rings (SSSR count). The molecule has 0 aliphatic heterocycles. The molecule has 0 aromatic carbocycles. The fourth-order valence-corrected chi connectivity index (χ4v) is 2.96. The molecule has 8 heteroatoms. The Morgan fingerprint density at radius 1 is 1.52 bits per heavy atom. The highest BCUT2D eigenvalue weighted by Crippen LogP contribution is 2.26. The van der Waals surface area contributed by atoms with Crippen LogP contribution in [0.4, 0.5) is 0 Å². The van der Waals surface area contributed by atoms with Gasteiger partial charge >= 0.3 is 0 Å². The summed E-state index contributed by atoms with van der Waals surface area (Å²) in [6, 6.07) is 0. The molecule has 7 nitrogen and oxygen atoms in total. The predicted molar refractivity (Wildman–Crippen MR) is 79.8 cm³/mol. The standard InChI is InChI=1S/C13H17N3O4S/c1-8-9-12(15-7-16(2)13(9)19)21-10(8)11(18)14-3-5-20-6-4-17/h7,17H,3-6H2,1-2H3,(H,14,18). The summed E-state index contributed by atoms with van der Waals surface area (Å²) >= 11 is 1.21. The minimum Gasteiger partial charge on any atom is -0.394 e. The van der Waals surface area contributed by atoms with Crippen molar-refractivity contribution in [3.05, 3.63) is 27.1 Å². The lowest BCUT2D eigenvalue weighted by Crippen LogP contribution is -2.27. The van der Waals surface area contributed by atoms with Gasteiger partial charge in [0.2, 0.25) is 0 Å². The molecule has 21 heavy (non-hydrogen) atoms. The van der Waals surface area contributed by atoms with Gasteiger partial charge in [-0.3, -0.25) is 9.59 Å². The molecule has 0 radical (unpaired) electrons. The second-order valence-electron chi connectivity index (χ2n) is 4.49. The van der Waals surface area contributed by atoms with Crippen molar-refractivity contribution >= 4 is 27.5 Å². The van der Waals surface area contributed by atoms with Gasteiger partial charge in [-0.25, -0.2) is 4.98 Å². The third-order valence-electron chi connectivity index (χ3n) is 2.98. The summed E-state index contributed by atoms with van der Waals surface area (Å²) in [4.78, 5) is 29.4. The summed E-state index contributed by atoms with van der Waals surface area (Å²) in [5.41, 5.74) is 0.497. The van der Waals surface area contributed by atoms with Crippen molar-refractivity contribution in [3.63, 3.8) is 0 Å². The van der Waals surface area contributed by atoms with Gasteiger partial charge in [0.15, 0.2) is 0 Å². The molecule has 0 atom stereocenters. The molecule has 0 fully saturated rings. The number of aryl methyl sites for hydroxylation is 2. The van der Waals surface area contributed by atoms with Crippen molar-refractivity contribution < 1.29 is 14.6 Å². The van der Waals surface area contributed by atoms with Gasteiger partial charge < -0.3 is 19.7 Å². The Kier molecular flexibility index (Phi) is 5.05. The van der Waals surface area contributed by atoms with Gasteiger partial charge in [-0.2, -0.15) is 0 Å². The van der Waals surface area contributed by atoms with Crippen molar-refractivity contribution in [2.24, 2.45) is 7.05 Å². The monoisotopic (exact) mass is 311 g/mol. The Bertz CT molecular complexity index is 707. The summed E-state index contributed by atoms with van der Waals surface area (Å²) in [6.45, 7) is 2.63. The molecule has 2 heterocycles. The van der Waals surface area contributed by atoms with E-state index in [4.69, 9.17) is 9.84 Å². The first kappa shape index (κ1) is 15.6. The Labute approximate surface area is 125 Å². The number of fused-ring (bicyclic) bond motifs is 1. The molecule has 0 aliphatic rings. The molecule has 0 spiro atoms. The molecule has 0 bridgehead atoms. The molecule has 114 valence electrons. The summed E-state index contributed by atoms with van der Waals surface area (Å²) in [7, 11) is 1.63. The Morgan fingerprint density at radius 2 is 2.29 bits per heavy atom. The maximum atomic E-state index is 12.1. The van der Waals surface area contributed by atoms with E-state index in [1.54, 1.807) is 14.0 Å². The highest BCUT2D eigenvalue weighted by atomic mass is 32.1. The van der Waals surface area contributed by atoms with E-state index in [1.807, 2.05) is 0 Å². The van der Waals surface area contributed by atoms with E-state index in [1.165, 1.54) is 22.2 Å². The first-order valence-corrected chi connectivity index (χ1v) is 7.29. The number of nitrogens with one attached hydrogen (secondary N) is 1. The van der Waals surface area contributed by atoms with Gasteiger partial charge in [0.25, 0.3) is 11.5 Å². The van der Waals surface area contributed by atoms with Gasteiger partial charge in [-0.15, -0.1) is 11.3 Å². The van der Waals surface area contributed by atoms with Crippen LogP contribution in [0.25, 0.3) is 10.2 Å². The average molecular weight is 311 g/mol. The zero-order chi connectivity index (χ0) is 15.4. The number of ether oxygens (including phenoxy) is 1. The van der Waals surface area contributed by atoms with Gasteiger partial charge in [0.1, 0.15) is 4.83 Å². The van der Waals surface area contributed by atoms with Crippen molar-refractivity contribution in [2.75, 3.05) is 26.4 Å². The highest BCUT2D eigenvalue weighted by molar-refractivity contribution is 7.20. The number of hydrogen-bond acceptors (Lipinski definition) is 6. The fraction of sp³-hybridized carbons (Fsp3) is 0.462. The van der Waals surface area contributed by atoms with Gasteiger partial charge in [-0.1, -0.05) is 0 Å². The number of carbonyl (C=O) groups is 1. The molecule has 0 unspecified atom stereocenters. The normalized spacial score (nSPS) is 11.0. The van der Waals surface area contributed by atoms with Crippen LogP contribution in [0.2, 0.25) is 0 Å². The summed E-state index contributed by atoms with van der Waals surface area (Å²) in [5, 5.41) is 11.8. The van der Waals surface area contributed by atoms with Gasteiger partial charge in [0, 0.05) is 13.6 Å². The number of amides is 1. The summed E-state index contributed by atoms with van der Waals surface area (Å²) in [6.07, 6.45) is 1.45. The number of thiophene rings is 1. The first-order valence-electron chi connectivity index (χ1n) is 6.47. The maximum absolute atomic E-state index is 12.1. The summed E-state index contributed by atoms with van der Waals surface area (Å²) in [5.74, 6) is -0.245. The fourth-order valence-electron chi connectivity index (χ4n) is 1.91. The number of rotatable bonds is 6. The lowest BCUT2D eigenvalue weighted by Gasteiger charge is -2.04.